The Labute approximate surface area is 111 Å². The highest BCUT2D eigenvalue weighted by atomic mass is 16.3. The summed E-state index contributed by atoms with van der Waals surface area (Å²) in [5.41, 5.74) is 8.27. The maximum Gasteiger partial charge on any atom is 0.261 e. The van der Waals surface area contributed by atoms with E-state index in [1.54, 1.807) is 6.07 Å². The van der Waals surface area contributed by atoms with Crippen molar-refractivity contribution in [2.75, 3.05) is 4.90 Å². The second kappa shape index (κ2) is 4.55. The lowest BCUT2D eigenvalue weighted by Crippen LogP contribution is -2.35. The number of nitrogens with two attached hydrogens (primary N) is 1. The summed E-state index contributed by atoms with van der Waals surface area (Å²) in [7, 11) is 0. The molecule has 1 aromatic heterocycles. The summed E-state index contributed by atoms with van der Waals surface area (Å²) in [6.07, 6.45) is 2.38. The minimum Gasteiger partial charge on any atom is -0.467 e. The smallest absolute Gasteiger partial charge is 0.261 e. The lowest BCUT2D eigenvalue weighted by molar-refractivity contribution is 0.0981. The fourth-order valence-electron chi connectivity index (χ4n) is 2.61. The van der Waals surface area contributed by atoms with E-state index in [9.17, 15) is 4.79 Å². The number of amides is 1. The maximum absolute atomic E-state index is 12.6. The topological polar surface area (TPSA) is 59.5 Å². The van der Waals surface area contributed by atoms with Gasteiger partial charge >= 0.3 is 0 Å². The summed E-state index contributed by atoms with van der Waals surface area (Å²) in [6, 6.07) is 9.90. The number of para-hydroxylation sites is 1. The van der Waals surface area contributed by atoms with Crippen molar-refractivity contribution < 1.29 is 9.21 Å². The SMILES string of the molecule is CC1Cc2ccccc2N1C(=O)c1coc(CN)c1. The molecule has 3 rings (SSSR count). The molecule has 1 atom stereocenters. The highest BCUT2D eigenvalue weighted by Gasteiger charge is 2.31. The van der Waals surface area contributed by atoms with Crippen LogP contribution in [0.15, 0.2) is 41.0 Å². The van der Waals surface area contributed by atoms with Crippen molar-refractivity contribution >= 4 is 11.6 Å². The molecule has 0 spiro atoms. The molecule has 1 amide bonds. The average Bonchev–Trinajstić information content (AvgIpc) is 3.01. The van der Waals surface area contributed by atoms with Crippen molar-refractivity contribution in [3.8, 4) is 0 Å². The van der Waals surface area contributed by atoms with Crippen molar-refractivity contribution in [3.05, 3.63) is 53.5 Å². The highest BCUT2D eigenvalue weighted by molar-refractivity contribution is 6.07. The van der Waals surface area contributed by atoms with Crippen molar-refractivity contribution in [1.82, 2.24) is 0 Å². The van der Waals surface area contributed by atoms with Gasteiger partial charge in [0.2, 0.25) is 0 Å². The van der Waals surface area contributed by atoms with Crippen LogP contribution in [0.5, 0.6) is 0 Å². The molecule has 2 heterocycles. The molecule has 19 heavy (non-hydrogen) atoms. The Hall–Kier alpha value is -2.07. The van der Waals surface area contributed by atoms with Gasteiger partial charge in [-0.25, -0.2) is 0 Å². The minimum absolute atomic E-state index is 0.0269. The van der Waals surface area contributed by atoms with Gasteiger partial charge in [-0.05, 0) is 31.0 Å². The van der Waals surface area contributed by atoms with Crippen LogP contribution in [-0.4, -0.2) is 11.9 Å². The third-order valence-corrected chi connectivity index (χ3v) is 3.53. The van der Waals surface area contributed by atoms with E-state index in [1.807, 2.05) is 23.1 Å². The molecule has 4 heteroatoms. The molecule has 1 unspecified atom stereocenters. The number of furan rings is 1. The van der Waals surface area contributed by atoms with Gasteiger partial charge in [-0.3, -0.25) is 4.79 Å². The zero-order valence-electron chi connectivity index (χ0n) is 10.8. The number of benzene rings is 1. The molecule has 1 aliphatic rings. The maximum atomic E-state index is 12.6. The lowest BCUT2D eigenvalue weighted by Gasteiger charge is -2.21. The van der Waals surface area contributed by atoms with Crippen molar-refractivity contribution in [3.63, 3.8) is 0 Å². The van der Waals surface area contributed by atoms with Gasteiger partial charge in [0.25, 0.3) is 5.91 Å². The minimum atomic E-state index is -0.0269. The molecular formula is C15H16N2O2. The molecule has 1 aliphatic heterocycles. The van der Waals surface area contributed by atoms with E-state index in [2.05, 4.69) is 13.0 Å². The van der Waals surface area contributed by atoms with E-state index in [-0.39, 0.29) is 11.9 Å². The molecule has 2 aromatic rings. The Morgan fingerprint density at radius 2 is 2.26 bits per heavy atom. The van der Waals surface area contributed by atoms with Crippen LogP contribution in [-0.2, 0) is 13.0 Å². The zero-order chi connectivity index (χ0) is 13.4. The first kappa shape index (κ1) is 12.0. The van der Waals surface area contributed by atoms with Crippen LogP contribution in [0.25, 0.3) is 0 Å². The van der Waals surface area contributed by atoms with Crippen molar-refractivity contribution in [2.24, 2.45) is 5.73 Å². The van der Waals surface area contributed by atoms with E-state index < -0.39 is 0 Å². The van der Waals surface area contributed by atoms with E-state index >= 15 is 0 Å². The monoisotopic (exact) mass is 256 g/mol. The van der Waals surface area contributed by atoms with Crippen LogP contribution < -0.4 is 10.6 Å². The van der Waals surface area contributed by atoms with Crippen LogP contribution in [0.4, 0.5) is 5.69 Å². The standard InChI is InChI=1S/C15H16N2O2/c1-10-6-11-4-2-3-5-14(11)17(10)15(18)12-7-13(8-16)19-9-12/h2-5,7,9-10H,6,8,16H2,1H3. The fourth-order valence-corrected chi connectivity index (χ4v) is 2.61. The summed E-state index contributed by atoms with van der Waals surface area (Å²) in [5, 5.41) is 0. The van der Waals surface area contributed by atoms with Crippen LogP contribution >= 0.6 is 0 Å². The molecule has 0 fully saturated rings. The second-order valence-corrected chi connectivity index (χ2v) is 4.86. The van der Waals surface area contributed by atoms with Gasteiger partial charge in [0.05, 0.1) is 12.1 Å². The summed E-state index contributed by atoms with van der Waals surface area (Å²) >= 11 is 0. The first-order valence-electron chi connectivity index (χ1n) is 6.39. The van der Waals surface area contributed by atoms with Crippen LogP contribution in [0.1, 0.15) is 28.6 Å². The number of hydrogen-bond donors (Lipinski definition) is 1. The Morgan fingerprint density at radius 1 is 1.47 bits per heavy atom. The molecule has 2 N–H and O–H groups in total. The summed E-state index contributed by atoms with van der Waals surface area (Å²) in [5.74, 6) is 0.601. The van der Waals surface area contributed by atoms with Gasteiger partial charge < -0.3 is 15.1 Å². The second-order valence-electron chi connectivity index (χ2n) is 4.86. The van der Waals surface area contributed by atoms with Crippen LogP contribution in [0.2, 0.25) is 0 Å². The first-order valence-corrected chi connectivity index (χ1v) is 6.39. The zero-order valence-corrected chi connectivity index (χ0v) is 10.8. The number of carbonyl (C=O) groups is 1. The Balaban J connectivity index is 1.95. The molecular weight excluding hydrogens is 240 g/mol. The summed E-state index contributed by atoms with van der Waals surface area (Å²) < 4.78 is 5.25. The molecule has 4 nitrogen and oxygen atoms in total. The number of carbonyl (C=O) groups excluding carboxylic acids is 1. The van der Waals surface area contributed by atoms with E-state index in [1.165, 1.54) is 11.8 Å². The van der Waals surface area contributed by atoms with Gasteiger partial charge in [-0.15, -0.1) is 0 Å². The Morgan fingerprint density at radius 3 is 3.00 bits per heavy atom. The van der Waals surface area contributed by atoms with Gasteiger partial charge in [-0.1, -0.05) is 18.2 Å². The molecule has 0 radical (unpaired) electrons. The van der Waals surface area contributed by atoms with Crippen molar-refractivity contribution in [2.45, 2.75) is 25.9 Å². The van der Waals surface area contributed by atoms with Gasteiger partial charge in [0.15, 0.2) is 0 Å². The lowest BCUT2D eigenvalue weighted by atomic mass is 10.1. The molecule has 0 bridgehead atoms. The fraction of sp³-hybridized carbons (Fsp3) is 0.267. The number of fused-ring (bicyclic) bond motifs is 1. The van der Waals surface area contributed by atoms with E-state index in [4.69, 9.17) is 10.2 Å². The molecule has 0 saturated carbocycles. The van der Waals surface area contributed by atoms with E-state index in [0.717, 1.165) is 12.1 Å². The van der Waals surface area contributed by atoms with E-state index in [0.29, 0.717) is 17.9 Å². The molecule has 0 saturated heterocycles. The third-order valence-electron chi connectivity index (χ3n) is 3.53. The average molecular weight is 256 g/mol. The van der Waals surface area contributed by atoms with Gasteiger partial charge in [-0.2, -0.15) is 0 Å². The van der Waals surface area contributed by atoms with Crippen molar-refractivity contribution in [1.29, 1.82) is 0 Å². The van der Waals surface area contributed by atoms with Crippen LogP contribution in [0.3, 0.4) is 0 Å². The predicted molar refractivity (Wildman–Crippen MR) is 73.0 cm³/mol. The van der Waals surface area contributed by atoms with Crippen LogP contribution in [0, 0.1) is 0 Å². The number of rotatable bonds is 2. The summed E-state index contributed by atoms with van der Waals surface area (Å²) in [6.45, 7) is 2.36. The first-order chi connectivity index (χ1) is 9.20. The molecule has 1 aromatic carbocycles. The van der Waals surface area contributed by atoms with Gasteiger partial charge in [0, 0.05) is 11.7 Å². The molecule has 98 valence electrons. The highest BCUT2D eigenvalue weighted by Crippen LogP contribution is 2.33. The Kier molecular flexibility index (Phi) is 2.87. The Bertz CT molecular complexity index is 618. The largest absolute Gasteiger partial charge is 0.467 e. The number of anilines is 1. The predicted octanol–water partition coefficient (Wildman–Crippen LogP) is 2.33. The quantitative estimate of drug-likeness (QED) is 0.897. The number of nitrogens with zero attached hydrogens (tertiary/aromatic N) is 1. The molecule has 0 aliphatic carbocycles. The summed E-state index contributed by atoms with van der Waals surface area (Å²) in [4.78, 5) is 14.4. The normalized spacial score (nSPS) is 17.6. The third kappa shape index (κ3) is 1.94. The van der Waals surface area contributed by atoms with Gasteiger partial charge in [0.1, 0.15) is 12.0 Å². The number of hydrogen-bond acceptors (Lipinski definition) is 3.